The van der Waals surface area contributed by atoms with Crippen molar-refractivity contribution in [1.82, 2.24) is 0 Å². The minimum atomic E-state index is -0.0582. The predicted octanol–water partition coefficient (Wildman–Crippen LogP) is 1.54. The maximum Gasteiger partial charge on any atom is 0.284 e. The zero-order valence-corrected chi connectivity index (χ0v) is 15.6. The predicted molar refractivity (Wildman–Crippen MR) is 105 cm³/mol. The molecule has 1 amide bonds. The third-order valence-corrected chi connectivity index (χ3v) is 5.25. The quantitative estimate of drug-likeness (QED) is 0.856. The Morgan fingerprint density at radius 1 is 1.12 bits per heavy atom. The van der Waals surface area contributed by atoms with E-state index in [-0.39, 0.29) is 17.7 Å². The van der Waals surface area contributed by atoms with Crippen LogP contribution in [0, 0.1) is 0 Å². The van der Waals surface area contributed by atoms with Crippen LogP contribution in [0.1, 0.15) is 13.8 Å². The molecule has 138 valence electrons. The first-order valence-electron chi connectivity index (χ1n) is 9.35. The van der Waals surface area contributed by atoms with Gasteiger partial charge in [0.05, 0.1) is 26.2 Å². The highest BCUT2D eigenvalue weighted by molar-refractivity contribution is 5.96. The van der Waals surface area contributed by atoms with E-state index in [0.717, 1.165) is 37.6 Å². The molecule has 3 rings (SSSR count). The van der Waals surface area contributed by atoms with Gasteiger partial charge in [0.1, 0.15) is 5.75 Å². The van der Waals surface area contributed by atoms with Gasteiger partial charge in [-0.1, -0.05) is 18.2 Å². The highest BCUT2D eigenvalue weighted by atomic mass is 16.3. The number of hydrogen-bond donors (Lipinski definition) is 2. The molecular formula is C21H28N3O2+. The Labute approximate surface area is 155 Å². The van der Waals surface area contributed by atoms with E-state index in [0.29, 0.717) is 6.54 Å². The van der Waals surface area contributed by atoms with Crippen LogP contribution in [0.2, 0.25) is 0 Å². The van der Waals surface area contributed by atoms with E-state index >= 15 is 0 Å². The maximum absolute atomic E-state index is 13.0. The number of aromatic hydroxyl groups is 1. The first kappa shape index (κ1) is 18.3. The summed E-state index contributed by atoms with van der Waals surface area (Å²) in [5.74, 6) is 0.476. The van der Waals surface area contributed by atoms with E-state index < -0.39 is 0 Å². The molecular weight excluding hydrogens is 326 g/mol. The van der Waals surface area contributed by atoms with E-state index in [1.165, 1.54) is 4.90 Å². The molecule has 2 N–H and O–H groups in total. The van der Waals surface area contributed by atoms with Crippen LogP contribution in [-0.2, 0) is 4.79 Å². The Balaban J connectivity index is 1.61. The highest BCUT2D eigenvalue weighted by Crippen LogP contribution is 2.18. The lowest BCUT2D eigenvalue weighted by molar-refractivity contribution is -0.914. The fourth-order valence-electron chi connectivity index (χ4n) is 3.63. The number of rotatable bonds is 5. The summed E-state index contributed by atoms with van der Waals surface area (Å²) in [5, 5.41) is 9.44. The number of carbonyl (C=O) groups is 1. The van der Waals surface area contributed by atoms with Crippen molar-refractivity contribution in [1.29, 1.82) is 0 Å². The molecule has 2 aromatic carbocycles. The Morgan fingerprint density at radius 3 is 2.31 bits per heavy atom. The van der Waals surface area contributed by atoms with Gasteiger partial charge in [0.25, 0.3) is 5.91 Å². The van der Waals surface area contributed by atoms with Gasteiger partial charge >= 0.3 is 0 Å². The summed E-state index contributed by atoms with van der Waals surface area (Å²) >= 11 is 0. The Bertz CT molecular complexity index is 710. The number of para-hydroxylation sites is 1. The fraction of sp³-hybridized carbons (Fsp3) is 0.381. The molecule has 0 saturated carbocycles. The van der Waals surface area contributed by atoms with E-state index in [2.05, 4.69) is 4.90 Å². The van der Waals surface area contributed by atoms with Crippen molar-refractivity contribution in [2.75, 3.05) is 42.5 Å². The molecule has 0 unspecified atom stereocenters. The lowest BCUT2D eigenvalue weighted by Crippen LogP contribution is -3.19. The van der Waals surface area contributed by atoms with Crippen molar-refractivity contribution in [2.45, 2.75) is 19.9 Å². The number of hydrogen-bond acceptors (Lipinski definition) is 3. The highest BCUT2D eigenvalue weighted by Gasteiger charge is 2.32. The summed E-state index contributed by atoms with van der Waals surface area (Å²) in [5.41, 5.74) is 2.09. The van der Waals surface area contributed by atoms with Crippen LogP contribution >= 0.6 is 0 Å². The zero-order valence-electron chi connectivity index (χ0n) is 15.6. The van der Waals surface area contributed by atoms with Crippen LogP contribution < -0.4 is 14.7 Å². The number of carbonyl (C=O) groups excluding carboxylic acids is 1. The molecule has 5 nitrogen and oxygen atoms in total. The van der Waals surface area contributed by atoms with Gasteiger partial charge < -0.3 is 19.8 Å². The minimum absolute atomic E-state index is 0.0582. The second-order valence-electron chi connectivity index (χ2n) is 6.80. The molecule has 0 aliphatic carbocycles. The lowest BCUT2D eigenvalue weighted by atomic mass is 10.1. The van der Waals surface area contributed by atoms with Crippen molar-refractivity contribution < 1.29 is 14.8 Å². The number of nitrogens with zero attached hydrogens (tertiary/aromatic N) is 2. The topological polar surface area (TPSA) is 48.2 Å². The van der Waals surface area contributed by atoms with Gasteiger partial charge in [0, 0.05) is 17.9 Å². The van der Waals surface area contributed by atoms with Gasteiger partial charge in [-0.3, -0.25) is 4.79 Å². The summed E-state index contributed by atoms with van der Waals surface area (Å²) < 4.78 is 0. The number of anilines is 2. The number of quaternary nitrogens is 1. The molecule has 0 spiro atoms. The van der Waals surface area contributed by atoms with Crippen LogP contribution in [-0.4, -0.2) is 49.8 Å². The molecule has 2 aromatic rings. The normalized spacial score (nSPS) is 16.3. The Morgan fingerprint density at radius 2 is 1.73 bits per heavy atom. The number of likely N-dealkylation sites (N-methyl/N-ethyl adjacent to an activating group) is 1. The molecule has 1 fully saturated rings. The average Bonchev–Trinajstić information content (AvgIpc) is 2.69. The Kier molecular flexibility index (Phi) is 5.78. The van der Waals surface area contributed by atoms with E-state index in [1.807, 2.05) is 61.2 Å². The smallest absolute Gasteiger partial charge is 0.284 e. The molecule has 5 heteroatoms. The van der Waals surface area contributed by atoms with Gasteiger partial charge in [0.2, 0.25) is 0 Å². The summed E-state index contributed by atoms with van der Waals surface area (Å²) in [6.07, 6.45) is 0. The summed E-state index contributed by atoms with van der Waals surface area (Å²) in [4.78, 5) is 18.6. The monoisotopic (exact) mass is 354 g/mol. The van der Waals surface area contributed by atoms with Crippen molar-refractivity contribution >= 4 is 17.3 Å². The number of benzene rings is 2. The van der Waals surface area contributed by atoms with Crippen molar-refractivity contribution in [3.8, 4) is 5.75 Å². The van der Waals surface area contributed by atoms with Crippen LogP contribution in [0.4, 0.5) is 11.4 Å². The number of amides is 1. The summed E-state index contributed by atoms with van der Waals surface area (Å²) in [7, 11) is 0. The molecule has 0 aromatic heterocycles. The zero-order chi connectivity index (χ0) is 18.5. The summed E-state index contributed by atoms with van der Waals surface area (Å²) in [6, 6.07) is 17.2. The standard InChI is InChI=1S/C21H27N3O2/c1-3-24(19-7-5-4-6-8-19)21(26)17(2)22-13-15-23(16-14-22)18-9-11-20(25)12-10-18/h4-12,17,25H,3,13-16H2,1-2H3/p+1/t17-/m0/s1. The van der Waals surface area contributed by atoms with E-state index in [9.17, 15) is 9.90 Å². The Hall–Kier alpha value is -2.53. The molecule has 1 aliphatic rings. The largest absolute Gasteiger partial charge is 0.508 e. The molecule has 1 atom stereocenters. The van der Waals surface area contributed by atoms with Crippen molar-refractivity contribution in [3.05, 3.63) is 54.6 Å². The minimum Gasteiger partial charge on any atom is -0.508 e. The molecule has 26 heavy (non-hydrogen) atoms. The molecule has 0 bridgehead atoms. The van der Waals surface area contributed by atoms with Crippen LogP contribution in [0.15, 0.2) is 54.6 Å². The van der Waals surface area contributed by atoms with Crippen LogP contribution in [0.25, 0.3) is 0 Å². The lowest BCUT2D eigenvalue weighted by Gasteiger charge is -2.37. The molecule has 1 heterocycles. The van der Waals surface area contributed by atoms with Gasteiger partial charge in [-0.15, -0.1) is 0 Å². The van der Waals surface area contributed by atoms with Crippen LogP contribution in [0.3, 0.4) is 0 Å². The van der Waals surface area contributed by atoms with Crippen molar-refractivity contribution in [3.63, 3.8) is 0 Å². The van der Waals surface area contributed by atoms with Gasteiger partial charge in [-0.05, 0) is 50.2 Å². The average molecular weight is 354 g/mol. The van der Waals surface area contributed by atoms with Gasteiger partial charge in [-0.2, -0.15) is 0 Å². The molecule has 1 saturated heterocycles. The first-order valence-corrected chi connectivity index (χ1v) is 9.35. The van der Waals surface area contributed by atoms with Gasteiger partial charge in [-0.25, -0.2) is 0 Å². The number of phenolic OH excluding ortho intramolecular Hbond substituents is 1. The van der Waals surface area contributed by atoms with E-state index in [1.54, 1.807) is 12.1 Å². The van der Waals surface area contributed by atoms with Gasteiger partial charge in [0.15, 0.2) is 6.04 Å². The number of piperazine rings is 1. The maximum atomic E-state index is 13.0. The number of phenols is 1. The molecule has 1 aliphatic heterocycles. The first-order chi connectivity index (χ1) is 12.6. The third-order valence-electron chi connectivity index (χ3n) is 5.25. The van der Waals surface area contributed by atoms with Crippen molar-refractivity contribution in [2.24, 2.45) is 0 Å². The van der Waals surface area contributed by atoms with Crippen LogP contribution in [0.5, 0.6) is 5.75 Å². The third kappa shape index (κ3) is 3.99. The second-order valence-corrected chi connectivity index (χ2v) is 6.80. The number of nitrogens with one attached hydrogen (secondary N) is 1. The summed E-state index contributed by atoms with van der Waals surface area (Å²) in [6.45, 7) is 8.43. The molecule has 0 radical (unpaired) electrons. The van der Waals surface area contributed by atoms with E-state index in [4.69, 9.17) is 0 Å². The SMILES string of the molecule is CCN(C(=O)[C@H](C)[NH+]1CCN(c2ccc(O)cc2)CC1)c1ccccc1. The fourth-order valence-corrected chi connectivity index (χ4v) is 3.63. The second kappa shape index (κ2) is 8.23.